The maximum Gasteiger partial charge on any atom is 0.264 e. The lowest BCUT2D eigenvalue weighted by molar-refractivity contribution is -0.139. The molecule has 38 heavy (non-hydrogen) atoms. The molecule has 0 radical (unpaired) electrons. The number of aryl methyl sites for hydroxylation is 1. The van der Waals surface area contributed by atoms with Crippen LogP contribution in [-0.4, -0.2) is 44.3 Å². The Morgan fingerprint density at radius 1 is 0.947 bits per heavy atom. The van der Waals surface area contributed by atoms with E-state index in [1.54, 1.807) is 73.7 Å². The van der Waals surface area contributed by atoms with E-state index in [4.69, 9.17) is 11.6 Å². The third kappa shape index (κ3) is 7.58. The number of halogens is 1. The van der Waals surface area contributed by atoms with Crippen LogP contribution < -0.4 is 9.62 Å². The van der Waals surface area contributed by atoms with Crippen molar-refractivity contribution in [1.82, 2.24) is 10.2 Å². The van der Waals surface area contributed by atoms with Crippen LogP contribution in [0.25, 0.3) is 0 Å². The number of nitrogens with zero attached hydrogens (tertiary/aromatic N) is 2. The summed E-state index contributed by atoms with van der Waals surface area (Å²) in [5.74, 6) is -0.799. The molecule has 0 spiro atoms. The highest BCUT2D eigenvalue weighted by Crippen LogP contribution is 2.25. The van der Waals surface area contributed by atoms with Gasteiger partial charge in [-0.25, -0.2) is 8.42 Å². The zero-order valence-electron chi connectivity index (χ0n) is 21.9. The molecule has 202 valence electrons. The molecule has 1 N–H and O–H groups in total. The van der Waals surface area contributed by atoms with Crippen molar-refractivity contribution in [3.63, 3.8) is 0 Å². The number of unbranched alkanes of at least 4 members (excludes halogenated alkanes) is 1. The summed E-state index contributed by atoms with van der Waals surface area (Å²) in [5, 5.41) is 3.43. The lowest BCUT2D eigenvalue weighted by atomic mass is 10.1. The first-order valence-electron chi connectivity index (χ1n) is 12.6. The van der Waals surface area contributed by atoms with E-state index in [1.807, 2.05) is 13.8 Å². The lowest BCUT2D eigenvalue weighted by Gasteiger charge is -2.32. The molecule has 0 saturated carbocycles. The number of hydrogen-bond donors (Lipinski definition) is 1. The average molecular weight is 556 g/mol. The van der Waals surface area contributed by atoms with Gasteiger partial charge in [0.1, 0.15) is 12.6 Å². The second kappa shape index (κ2) is 13.4. The molecule has 9 heteroatoms. The number of nitrogens with one attached hydrogen (secondary N) is 1. The molecule has 0 bridgehead atoms. The molecule has 2 amide bonds. The van der Waals surface area contributed by atoms with Gasteiger partial charge in [0, 0.05) is 18.1 Å². The number of carbonyl (C=O) groups excluding carboxylic acids is 2. The zero-order chi connectivity index (χ0) is 27.7. The van der Waals surface area contributed by atoms with Crippen molar-refractivity contribution in [3.05, 3.63) is 95.0 Å². The Morgan fingerprint density at radius 3 is 2.18 bits per heavy atom. The summed E-state index contributed by atoms with van der Waals surface area (Å²) >= 11 is 6.03. The summed E-state index contributed by atoms with van der Waals surface area (Å²) in [6.45, 7) is 5.72. The second-order valence-electron chi connectivity index (χ2n) is 9.13. The van der Waals surface area contributed by atoms with Gasteiger partial charge >= 0.3 is 0 Å². The Balaban J connectivity index is 1.97. The van der Waals surface area contributed by atoms with Gasteiger partial charge in [-0.15, -0.1) is 0 Å². The fourth-order valence-corrected chi connectivity index (χ4v) is 5.43. The van der Waals surface area contributed by atoms with Gasteiger partial charge in [-0.3, -0.25) is 13.9 Å². The highest BCUT2D eigenvalue weighted by Gasteiger charge is 2.32. The molecule has 1 unspecified atom stereocenters. The number of rotatable bonds is 12. The Hall–Kier alpha value is -3.36. The van der Waals surface area contributed by atoms with Crippen molar-refractivity contribution in [3.8, 4) is 0 Å². The molecule has 0 aromatic heterocycles. The fourth-order valence-electron chi connectivity index (χ4n) is 3.86. The quantitative estimate of drug-likeness (QED) is 0.312. The van der Waals surface area contributed by atoms with Gasteiger partial charge in [-0.2, -0.15) is 0 Å². The van der Waals surface area contributed by atoms with Crippen LogP contribution in [0.2, 0.25) is 5.02 Å². The van der Waals surface area contributed by atoms with Crippen LogP contribution >= 0.6 is 11.6 Å². The molecule has 3 aromatic carbocycles. The van der Waals surface area contributed by atoms with Crippen molar-refractivity contribution in [1.29, 1.82) is 0 Å². The summed E-state index contributed by atoms with van der Waals surface area (Å²) in [4.78, 5) is 28.3. The molecule has 1 atom stereocenters. The Labute approximate surface area is 230 Å². The Kier molecular flexibility index (Phi) is 10.3. The second-order valence-corrected chi connectivity index (χ2v) is 11.4. The first kappa shape index (κ1) is 29.2. The van der Waals surface area contributed by atoms with E-state index in [1.165, 1.54) is 17.0 Å². The third-order valence-electron chi connectivity index (χ3n) is 6.20. The molecule has 0 heterocycles. The highest BCUT2D eigenvalue weighted by molar-refractivity contribution is 7.92. The van der Waals surface area contributed by atoms with Crippen LogP contribution in [-0.2, 0) is 26.2 Å². The van der Waals surface area contributed by atoms with E-state index in [0.29, 0.717) is 17.3 Å². The Morgan fingerprint density at radius 2 is 1.58 bits per heavy atom. The van der Waals surface area contributed by atoms with Gasteiger partial charge in [-0.1, -0.05) is 73.0 Å². The first-order chi connectivity index (χ1) is 18.1. The summed E-state index contributed by atoms with van der Waals surface area (Å²) in [6, 6.07) is 21.1. The van der Waals surface area contributed by atoms with Crippen molar-refractivity contribution in [2.24, 2.45) is 0 Å². The smallest absolute Gasteiger partial charge is 0.264 e. The average Bonchev–Trinajstić information content (AvgIpc) is 2.92. The van der Waals surface area contributed by atoms with Crippen LogP contribution in [0.1, 0.15) is 37.8 Å². The molecule has 0 aliphatic carbocycles. The molecular formula is C29H34ClN3O4S. The van der Waals surface area contributed by atoms with Crippen molar-refractivity contribution < 1.29 is 18.0 Å². The molecule has 3 rings (SSSR count). The minimum atomic E-state index is -4.07. The summed E-state index contributed by atoms with van der Waals surface area (Å²) in [6.07, 6.45) is 1.74. The summed E-state index contributed by atoms with van der Waals surface area (Å²) in [7, 11) is -4.07. The fraction of sp³-hybridized carbons (Fsp3) is 0.310. The standard InChI is InChI=1S/C29H34ClN3O4S/c1-4-5-19-31-29(35)23(3)32(20-24-13-15-25(30)16-14-24)28(34)21-33(26-17-11-22(2)12-18-26)38(36,37)27-9-7-6-8-10-27/h6-18,23H,4-5,19-21H2,1-3H3,(H,31,35). The molecule has 0 fully saturated rings. The number of anilines is 1. The minimum Gasteiger partial charge on any atom is -0.354 e. The number of hydrogen-bond acceptors (Lipinski definition) is 4. The van der Waals surface area contributed by atoms with E-state index < -0.39 is 28.5 Å². The van der Waals surface area contributed by atoms with Crippen LogP contribution in [0.4, 0.5) is 5.69 Å². The molecule has 0 aliphatic rings. The van der Waals surface area contributed by atoms with Crippen LogP contribution in [0.3, 0.4) is 0 Å². The monoisotopic (exact) mass is 555 g/mol. The van der Waals surface area contributed by atoms with Crippen molar-refractivity contribution >= 4 is 39.1 Å². The van der Waals surface area contributed by atoms with E-state index in [-0.39, 0.29) is 17.3 Å². The number of sulfonamides is 1. The van der Waals surface area contributed by atoms with E-state index in [9.17, 15) is 18.0 Å². The third-order valence-corrected chi connectivity index (χ3v) is 8.24. The maximum atomic E-state index is 13.8. The number of carbonyl (C=O) groups is 2. The van der Waals surface area contributed by atoms with E-state index >= 15 is 0 Å². The molecule has 0 aliphatic heterocycles. The Bertz CT molecular complexity index is 1310. The van der Waals surface area contributed by atoms with Gasteiger partial charge in [0.2, 0.25) is 11.8 Å². The zero-order valence-corrected chi connectivity index (χ0v) is 23.5. The first-order valence-corrected chi connectivity index (χ1v) is 14.4. The van der Waals surface area contributed by atoms with Gasteiger partial charge < -0.3 is 10.2 Å². The summed E-state index contributed by atoms with van der Waals surface area (Å²) in [5.41, 5.74) is 2.09. The number of amides is 2. The van der Waals surface area contributed by atoms with Gasteiger partial charge in [0.25, 0.3) is 10.0 Å². The van der Waals surface area contributed by atoms with Gasteiger partial charge in [-0.05, 0) is 62.2 Å². The molecule has 0 saturated heterocycles. The number of benzene rings is 3. The van der Waals surface area contributed by atoms with Gasteiger partial charge in [0.15, 0.2) is 0 Å². The van der Waals surface area contributed by atoms with Gasteiger partial charge in [0.05, 0.1) is 10.6 Å². The SMILES string of the molecule is CCCCNC(=O)C(C)N(Cc1ccc(Cl)cc1)C(=O)CN(c1ccc(C)cc1)S(=O)(=O)c1ccccc1. The van der Waals surface area contributed by atoms with Crippen molar-refractivity contribution in [2.75, 3.05) is 17.4 Å². The molecule has 3 aromatic rings. The van der Waals surface area contributed by atoms with Crippen molar-refractivity contribution in [2.45, 2.75) is 51.1 Å². The molecular weight excluding hydrogens is 522 g/mol. The lowest BCUT2D eigenvalue weighted by Crippen LogP contribution is -2.51. The van der Waals surface area contributed by atoms with Crippen LogP contribution in [0.15, 0.2) is 83.8 Å². The van der Waals surface area contributed by atoms with E-state index in [0.717, 1.165) is 28.3 Å². The largest absolute Gasteiger partial charge is 0.354 e. The van der Waals surface area contributed by atoms with E-state index in [2.05, 4.69) is 5.32 Å². The molecule has 7 nitrogen and oxygen atoms in total. The highest BCUT2D eigenvalue weighted by atomic mass is 35.5. The van der Waals surface area contributed by atoms with Crippen LogP contribution in [0, 0.1) is 6.92 Å². The summed E-state index contributed by atoms with van der Waals surface area (Å²) < 4.78 is 28.5. The minimum absolute atomic E-state index is 0.0722. The predicted octanol–water partition coefficient (Wildman–Crippen LogP) is 5.18. The van der Waals surface area contributed by atoms with Crippen LogP contribution in [0.5, 0.6) is 0 Å². The maximum absolute atomic E-state index is 13.8. The predicted molar refractivity (Wildman–Crippen MR) is 152 cm³/mol. The normalized spacial score (nSPS) is 12.0. The topological polar surface area (TPSA) is 86.8 Å².